The molecule has 1 aromatic carbocycles. The van der Waals surface area contributed by atoms with Gasteiger partial charge in [-0.15, -0.1) is 11.3 Å². The first-order valence-electron chi connectivity index (χ1n) is 5.58. The van der Waals surface area contributed by atoms with Crippen LogP contribution in [0.3, 0.4) is 0 Å². The average Bonchev–Trinajstić information content (AvgIpc) is 2.94. The minimum absolute atomic E-state index is 0.328. The Morgan fingerprint density at radius 2 is 1.90 bits per heavy atom. The summed E-state index contributed by atoms with van der Waals surface area (Å²) in [6.45, 7) is 0. The van der Waals surface area contributed by atoms with Crippen LogP contribution >= 0.6 is 11.3 Å². The molecule has 20 heavy (non-hydrogen) atoms. The lowest BCUT2D eigenvalue weighted by Crippen LogP contribution is -2.32. The molecule has 2 aromatic rings. The van der Waals surface area contributed by atoms with Crippen molar-refractivity contribution in [3.05, 3.63) is 52.5 Å². The van der Waals surface area contributed by atoms with Crippen LogP contribution < -0.4 is 10.7 Å². The Kier molecular flexibility index (Phi) is 4.56. The first kappa shape index (κ1) is 13.9. The molecule has 2 amide bonds. The maximum Gasteiger partial charge on any atom is 0.329 e. The molecule has 102 valence electrons. The van der Waals surface area contributed by atoms with Crippen molar-refractivity contribution >= 4 is 35.1 Å². The van der Waals surface area contributed by atoms with E-state index < -0.39 is 17.6 Å². The number of halogens is 1. The van der Waals surface area contributed by atoms with E-state index in [0.29, 0.717) is 5.69 Å². The number of anilines is 1. The Bertz CT molecular complexity index is 624. The lowest BCUT2D eigenvalue weighted by molar-refractivity contribution is -0.136. The van der Waals surface area contributed by atoms with E-state index in [1.165, 1.54) is 41.8 Å². The highest BCUT2D eigenvalue weighted by Gasteiger charge is 2.12. The van der Waals surface area contributed by atoms with Crippen molar-refractivity contribution in [3.8, 4) is 0 Å². The van der Waals surface area contributed by atoms with Gasteiger partial charge in [-0.1, -0.05) is 6.07 Å². The Balaban J connectivity index is 1.86. The Morgan fingerprint density at radius 1 is 1.15 bits per heavy atom. The van der Waals surface area contributed by atoms with E-state index in [2.05, 4.69) is 15.8 Å². The number of carbonyl (C=O) groups excluding carboxylic acids is 2. The molecule has 0 aliphatic heterocycles. The molecule has 0 bridgehead atoms. The van der Waals surface area contributed by atoms with Crippen molar-refractivity contribution in [3.63, 3.8) is 0 Å². The maximum absolute atomic E-state index is 12.7. The number of rotatable bonds is 3. The van der Waals surface area contributed by atoms with Gasteiger partial charge in [0, 0.05) is 10.6 Å². The average molecular weight is 291 g/mol. The molecule has 2 N–H and O–H groups in total. The Morgan fingerprint density at radius 3 is 2.55 bits per heavy atom. The van der Waals surface area contributed by atoms with Gasteiger partial charge in [0.1, 0.15) is 5.82 Å². The summed E-state index contributed by atoms with van der Waals surface area (Å²) in [7, 11) is 0. The highest BCUT2D eigenvalue weighted by atomic mass is 32.1. The van der Waals surface area contributed by atoms with Crippen LogP contribution in [0.4, 0.5) is 10.1 Å². The number of nitrogens with zero attached hydrogens (tertiary/aromatic N) is 1. The molecular formula is C13H10FN3O2S. The molecule has 0 saturated heterocycles. The van der Waals surface area contributed by atoms with E-state index in [-0.39, 0.29) is 0 Å². The predicted molar refractivity (Wildman–Crippen MR) is 75.1 cm³/mol. The summed E-state index contributed by atoms with van der Waals surface area (Å²) in [6.07, 6.45) is 1.44. The van der Waals surface area contributed by atoms with E-state index in [9.17, 15) is 14.0 Å². The molecule has 1 heterocycles. The second kappa shape index (κ2) is 6.58. The van der Waals surface area contributed by atoms with Gasteiger partial charge < -0.3 is 5.32 Å². The van der Waals surface area contributed by atoms with Gasteiger partial charge in [-0.3, -0.25) is 9.59 Å². The number of benzene rings is 1. The fourth-order valence-corrected chi connectivity index (χ4v) is 1.88. The summed E-state index contributed by atoms with van der Waals surface area (Å²) in [4.78, 5) is 23.8. The van der Waals surface area contributed by atoms with Gasteiger partial charge in [-0.2, -0.15) is 5.10 Å². The lowest BCUT2D eigenvalue weighted by atomic mass is 10.3. The SMILES string of the molecule is O=C(NN=Cc1cccs1)C(=O)Nc1ccc(F)cc1. The molecule has 0 aliphatic rings. The van der Waals surface area contributed by atoms with Crippen LogP contribution in [0.1, 0.15) is 4.88 Å². The largest absolute Gasteiger partial charge is 0.329 e. The van der Waals surface area contributed by atoms with E-state index in [1.54, 1.807) is 0 Å². The maximum atomic E-state index is 12.7. The number of hydrogen-bond acceptors (Lipinski definition) is 4. The van der Waals surface area contributed by atoms with Crippen molar-refractivity contribution in [2.45, 2.75) is 0 Å². The summed E-state index contributed by atoms with van der Waals surface area (Å²) < 4.78 is 12.7. The van der Waals surface area contributed by atoms with Crippen molar-refractivity contribution in [1.29, 1.82) is 0 Å². The van der Waals surface area contributed by atoms with Crippen molar-refractivity contribution in [1.82, 2.24) is 5.43 Å². The first-order valence-corrected chi connectivity index (χ1v) is 6.46. The zero-order valence-electron chi connectivity index (χ0n) is 10.2. The molecule has 1 aromatic heterocycles. The molecule has 0 fully saturated rings. The number of thiophene rings is 1. The molecule has 0 unspecified atom stereocenters. The van der Waals surface area contributed by atoms with Crippen molar-refractivity contribution < 1.29 is 14.0 Å². The lowest BCUT2D eigenvalue weighted by Gasteiger charge is -2.03. The topological polar surface area (TPSA) is 70.6 Å². The van der Waals surface area contributed by atoms with Gasteiger partial charge in [0.25, 0.3) is 0 Å². The highest BCUT2D eigenvalue weighted by molar-refractivity contribution is 7.11. The van der Waals surface area contributed by atoms with E-state index >= 15 is 0 Å². The quantitative estimate of drug-likeness (QED) is 0.515. The third-order valence-electron chi connectivity index (χ3n) is 2.21. The normalized spacial score (nSPS) is 10.4. The first-order chi connectivity index (χ1) is 9.65. The summed E-state index contributed by atoms with van der Waals surface area (Å²) in [5.41, 5.74) is 2.43. The van der Waals surface area contributed by atoms with Gasteiger partial charge in [-0.25, -0.2) is 9.82 Å². The van der Waals surface area contributed by atoms with Gasteiger partial charge in [-0.05, 0) is 35.7 Å². The number of amides is 2. The minimum Gasteiger partial charge on any atom is -0.318 e. The van der Waals surface area contributed by atoms with E-state index in [1.807, 2.05) is 17.5 Å². The van der Waals surface area contributed by atoms with Crippen molar-refractivity contribution in [2.75, 3.05) is 5.32 Å². The Labute approximate surface area is 118 Å². The molecule has 0 saturated carbocycles. The van der Waals surface area contributed by atoms with Gasteiger partial charge in [0.05, 0.1) is 6.21 Å². The predicted octanol–water partition coefficient (Wildman–Crippen LogP) is 1.98. The standard InChI is InChI=1S/C13H10FN3O2S/c14-9-3-5-10(6-4-9)16-12(18)13(19)17-15-8-11-2-1-7-20-11/h1-8H,(H,16,18)(H,17,19). The van der Waals surface area contributed by atoms with E-state index in [4.69, 9.17) is 0 Å². The Hall–Kier alpha value is -2.54. The van der Waals surface area contributed by atoms with Crippen LogP contribution in [0, 0.1) is 5.82 Å². The van der Waals surface area contributed by atoms with Crippen LogP contribution in [-0.4, -0.2) is 18.0 Å². The van der Waals surface area contributed by atoms with Gasteiger partial charge in [0.15, 0.2) is 0 Å². The molecule has 0 aliphatic carbocycles. The van der Waals surface area contributed by atoms with Crippen LogP contribution in [0.2, 0.25) is 0 Å². The van der Waals surface area contributed by atoms with Crippen LogP contribution in [0.5, 0.6) is 0 Å². The summed E-state index contributed by atoms with van der Waals surface area (Å²) >= 11 is 1.45. The van der Waals surface area contributed by atoms with Gasteiger partial charge >= 0.3 is 11.8 Å². The minimum atomic E-state index is -0.901. The second-order valence-electron chi connectivity index (χ2n) is 3.68. The number of hydrazone groups is 1. The summed E-state index contributed by atoms with van der Waals surface area (Å²) in [5.74, 6) is -2.20. The summed E-state index contributed by atoms with van der Waals surface area (Å²) in [5, 5.41) is 7.84. The number of nitrogens with one attached hydrogen (secondary N) is 2. The third kappa shape index (κ3) is 3.99. The molecule has 0 spiro atoms. The van der Waals surface area contributed by atoms with Crippen LogP contribution in [0.15, 0.2) is 46.9 Å². The van der Waals surface area contributed by atoms with Crippen LogP contribution in [-0.2, 0) is 9.59 Å². The second-order valence-corrected chi connectivity index (χ2v) is 4.65. The highest BCUT2D eigenvalue weighted by Crippen LogP contribution is 2.07. The number of carbonyl (C=O) groups is 2. The zero-order valence-corrected chi connectivity index (χ0v) is 11.0. The smallest absolute Gasteiger partial charge is 0.318 e. The monoisotopic (exact) mass is 291 g/mol. The van der Waals surface area contributed by atoms with Crippen molar-refractivity contribution in [2.24, 2.45) is 5.10 Å². The molecule has 0 atom stereocenters. The summed E-state index contributed by atoms with van der Waals surface area (Å²) in [6, 6.07) is 8.74. The number of hydrogen-bond donors (Lipinski definition) is 2. The zero-order chi connectivity index (χ0) is 14.4. The fourth-order valence-electron chi connectivity index (χ4n) is 1.29. The molecular weight excluding hydrogens is 281 g/mol. The van der Waals surface area contributed by atoms with Gasteiger partial charge in [0.2, 0.25) is 0 Å². The fraction of sp³-hybridized carbons (Fsp3) is 0. The van der Waals surface area contributed by atoms with Crippen LogP contribution in [0.25, 0.3) is 0 Å². The molecule has 0 radical (unpaired) electrons. The molecule has 5 nitrogen and oxygen atoms in total. The molecule has 7 heteroatoms. The third-order valence-corrected chi connectivity index (χ3v) is 3.02. The van der Waals surface area contributed by atoms with E-state index in [0.717, 1.165) is 4.88 Å². The molecule has 2 rings (SSSR count).